The lowest BCUT2D eigenvalue weighted by atomic mass is 10.2. The predicted molar refractivity (Wildman–Crippen MR) is 128 cm³/mol. The second kappa shape index (κ2) is 10.2. The molecule has 0 amide bonds. The van der Waals surface area contributed by atoms with Gasteiger partial charge in [-0.2, -0.15) is 15.1 Å². The first kappa shape index (κ1) is 21.7. The minimum absolute atomic E-state index is 0.375. The highest BCUT2D eigenvalue weighted by molar-refractivity contribution is 5.90. The summed E-state index contributed by atoms with van der Waals surface area (Å²) < 4.78 is 22.7. The molecule has 3 heterocycles. The first-order chi connectivity index (χ1) is 16.8. The molecule has 0 fully saturated rings. The number of benzene rings is 2. The average molecular weight is 463 g/mol. The summed E-state index contributed by atoms with van der Waals surface area (Å²) in [6.45, 7) is 2.80. The van der Waals surface area contributed by atoms with Crippen molar-refractivity contribution in [3.05, 3.63) is 48.7 Å². The molecule has 176 valence electrons. The van der Waals surface area contributed by atoms with E-state index >= 15 is 0 Å². The maximum atomic E-state index is 6.09. The van der Waals surface area contributed by atoms with E-state index in [4.69, 9.17) is 24.7 Å². The molecular weight excluding hydrogens is 438 g/mol. The van der Waals surface area contributed by atoms with Crippen molar-refractivity contribution in [2.24, 2.45) is 0 Å². The molecule has 0 saturated carbocycles. The number of nitrogen functional groups attached to an aromatic ring is 1. The number of ether oxygens (including phenoxy) is 4. The van der Waals surface area contributed by atoms with E-state index in [-0.39, 0.29) is 0 Å². The molecule has 0 bridgehead atoms. The lowest BCUT2D eigenvalue weighted by Gasteiger charge is -2.16. The van der Waals surface area contributed by atoms with Crippen molar-refractivity contribution in [2.45, 2.75) is 0 Å². The predicted octanol–water partition coefficient (Wildman–Crippen LogP) is 3.23. The van der Waals surface area contributed by atoms with Crippen LogP contribution in [0, 0.1) is 0 Å². The summed E-state index contributed by atoms with van der Waals surface area (Å²) in [6, 6.07) is 13.0. The van der Waals surface area contributed by atoms with Crippen LogP contribution in [0.15, 0.2) is 48.7 Å². The number of nitrogens with one attached hydrogen (secondary N) is 3. The number of hydrogen-bond acceptors (Lipinski definition) is 10. The van der Waals surface area contributed by atoms with Gasteiger partial charge in [0.1, 0.15) is 19.0 Å². The van der Waals surface area contributed by atoms with E-state index in [0.29, 0.717) is 74.2 Å². The van der Waals surface area contributed by atoms with Crippen molar-refractivity contribution < 1.29 is 18.9 Å². The molecule has 4 aromatic rings. The number of anilines is 5. The summed E-state index contributed by atoms with van der Waals surface area (Å²) in [7, 11) is 0. The van der Waals surface area contributed by atoms with Gasteiger partial charge in [0, 0.05) is 11.8 Å². The molecule has 0 atom stereocenters. The SMILES string of the molecule is Nc1ccccc1Nc1nc(Nc2ccc3c(c2)OCCOCCOCCO3)nc2[nH]ncc12. The van der Waals surface area contributed by atoms with E-state index in [0.717, 1.165) is 16.8 Å². The molecule has 0 unspecified atom stereocenters. The zero-order valence-electron chi connectivity index (χ0n) is 18.4. The standard InChI is InChI=1S/C23H25N7O4/c24-17-3-1-2-4-18(17)27-21-16-14-25-30-22(16)29-23(28-21)26-15-5-6-19-20(13-15)34-12-10-32-8-7-31-9-11-33-19/h1-6,13-14H,7-12,24H2,(H3,25,26,27,28,29,30). The van der Waals surface area contributed by atoms with Gasteiger partial charge in [-0.25, -0.2) is 0 Å². The summed E-state index contributed by atoms with van der Waals surface area (Å²) in [5, 5.41) is 14.2. The number of H-pyrrole nitrogens is 1. The fourth-order valence-corrected chi connectivity index (χ4v) is 3.41. The van der Waals surface area contributed by atoms with Crippen molar-refractivity contribution in [1.29, 1.82) is 0 Å². The van der Waals surface area contributed by atoms with Crippen LogP contribution in [0.4, 0.5) is 28.8 Å². The fraction of sp³-hybridized carbons (Fsp3) is 0.261. The first-order valence-corrected chi connectivity index (χ1v) is 10.9. The number of aromatic nitrogens is 4. The van der Waals surface area contributed by atoms with Gasteiger partial charge in [0.15, 0.2) is 17.1 Å². The van der Waals surface area contributed by atoms with E-state index in [1.807, 2.05) is 42.5 Å². The van der Waals surface area contributed by atoms with Crippen LogP contribution in [0.2, 0.25) is 0 Å². The number of aromatic amines is 1. The van der Waals surface area contributed by atoms with Crippen molar-refractivity contribution in [1.82, 2.24) is 20.2 Å². The number of fused-ring (bicyclic) bond motifs is 2. The van der Waals surface area contributed by atoms with Gasteiger partial charge in [0.05, 0.1) is 49.4 Å². The normalized spacial score (nSPS) is 14.7. The van der Waals surface area contributed by atoms with E-state index < -0.39 is 0 Å². The molecule has 0 radical (unpaired) electrons. The van der Waals surface area contributed by atoms with Gasteiger partial charge < -0.3 is 35.3 Å². The maximum Gasteiger partial charge on any atom is 0.231 e. The van der Waals surface area contributed by atoms with Crippen molar-refractivity contribution in [2.75, 3.05) is 56.0 Å². The lowest BCUT2D eigenvalue weighted by Crippen LogP contribution is -2.15. The van der Waals surface area contributed by atoms with Crippen LogP contribution in [0.1, 0.15) is 0 Å². The third-order valence-electron chi connectivity index (χ3n) is 5.07. The van der Waals surface area contributed by atoms with E-state index in [9.17, 15) is 0 Å². The summed E-state index contributed by atoms with van der Waals surface area (Å²) in [5.41, 5.74) is 8.75. The van der Waals surface area contributed by atoms with Crippen LogP contribution in [0.5, 0.6) is 11.5 Å². The molecule has 11 heteroatoms. The fourth-order valence-electron chi connectivity index (χ4n) is 3.41. The maximum absolute atomic E-state index is 6.09. The van der Waals surface area contributed by atoms with Crippen molar-refractivity contribution in [3.63, 3.8) is 0 Å². The molecule has 0 spiro atoms. The Morgan fingerprint density at radius 3 is 2.41 bits per heavy atom. The second-order valence-electron chi connectivity index (χ2n) is 7.45. The van der Waals surface area contributed by atoms with Crippen LogP contribution in [0.25, 0.3) is 11.0 Å². The molecular formula is C23H25N7O4. The third kappa shape index (κ3) is 5.11. The van der Waals surface area contributed by atoms with Gasteiger partial charge in [-0.05, 0) is 24.3 Å². The quantitative estimate of drug-likeness (QED) is 0.333. The number of hydrogen-bond donors (Lipinski definition) is 4. The molecule has 11 nitrogen and oxygen atoms in total. The van der Waals surface area contributed by atoms with E-state index in [2.05, 4.69) is 30.8 Å². The Morgan fingerprint density at radius 1 is 0.824 bits per heavy atom. The first-order valence-electron chi connectivity index (χ1n) is 10.9. The van der Waals surface area contributed by atoms with Gasteiger partial charge in [-0.1, -0.05) is 12.1 Å². The Bertz CT molecular complexity index is 1260. The van der Waals surface area contributed by atoms with Gasteiger partial charge in [-0.3, -0.25) is 5.10 Å². The Morgan fingerprint density at radius 2 is 1.59 bits per heavy atom. The molecule has 5 rings (SSSR count). The average Bonchev–Trinajstić information content (AvgIpc) is 3.30. The molecule has 2 aromatic carbocycles. The van der Waals surface area contributed by atoms with Crippen LogP contribution in [-0.2, 0) is 9.47 Å². The van der Waals surface area contributed by atoms with Crippen LogP contribution < -0.4 is 25.8 Å². The largest absolute Gasteiger partial charge is 0.487 e. The molecule has 1 aliphatic rings. The van der Waals surface area contributed by atoms with E-state index in [1.165, 1.54) is 0 Å². The van der Waals surface area contributed by atoms with Gasteiger partial charge in [-0.15, -0.1) is 0 Å². The molecule has 0 saturated heterocycles. The Kier molecular flexibility index (Phi) is 6.54. The second-order valence-corrected chi connectivity index (χ2v) is 7.45. The Balaban J connectivity index is 1.40. The monoisotopic (exact) mass is 463 g/mol. The van der Waals surface area contributed by atoms with Crippen LogP contribution in [0.3, 0.4) is 0 Å². The summed E-state index contributed by atoms with van der Waals surface area (Å²) in [5.74, 6) is 2.16. The highest BCUT2D eigenvalue weighted by atomic mass is 16.6. The topological polar surface area (TPSA) is 141 Å². The Labute approximate surface area is 195 Å². The Hall–Kier alpha value is -4.09. The third-order valence-corrected chi connectivity index (χ3v) is 5.07. The van der Waals surface area contributed by atoms with Crippen molar-refractivity contribution in [3.8, 4) is 11.5 Å². The van der Waals surface area contributed by atoms with Crippen molar-refractivity contribution >= 4 is 39.9 Å². The number of nitrogens with two attached hydrogens (primary N) is 1. The van der Waals surface area contributed by atoms with Gasteiger partial charge >= 0.3 is 0 Å². The lowest BCUT2D eigenvalue weighted by molar-refractivity contribution is 0.0223. The smallest absolute Gasteiger partial charge is 0.231 e. The van der Waals surface area contributed by atoms with Gasteiger partial charge in [0.25, 0.3) is 0 Å². The summed E-state index contributed by atoms with van der Waals surface area (Å²) >= 11 is 0. The summed E-state index contributed by atoms with van der Waals surface area (Å²) in [6.07, 6.45) is 1.67. The highest BCUT2D eigenvalue weighted by Gasteiger charge is 2.13. The molecule has 1 aliphatic heterocycles. The molecule has 5 N–H and O–H groups in total. The minimum atomic E-state index is 0.375. The van der Waals surface area contributed by atoms with Gasteiger partial charge in [0.2, 0.25) is 5.95 Å². The number of para-hydroxylation sites is 2. The number of rotatable bonds is 4. The van der Waals surface area contributed by atoms with Crippen LogP contribution >= 0.6 is 0 Å². The van der Waals surface area contributed by atoms with Crippen LogP contribution in [-0.4, -0.2) is 59.8 Å². The zero-order chi connectivity index (χ0) is 23.2. The molecule has 2 aromatic heterocycles. The zero-order valence-corrected chi connectivity index (χ0v) is 18.4. The molecule has 34 heavy (non-hydrogen) atoms. The minimum Gasteiger partial charge on any atom is -0.487 e. The number of nitrogens with zero attached hydrogens (tertiary/aromatic N) is 3. The highest BCUT2D eigenvalue weighted by Crippen LogP contribution is 2.33. The van der Waals surface area contributed by atoms with E-state index in [1.54, 1.807) is 6.20 Å². The molecule has 0 aliphatic carbocycles. The summed E-state index contributed by atoms with van der Waals surface area (Å²) in [4.78, 5) is 9.17.